The van der Waals surface area contributed by atoms with Gasteiger partial charge in [0.05, 0.1) is 9.85 Å². The molecule has 0 amide bonds. The largest absolute Gasteiger partial charge is 0.270 e. The van der Waals surface area contributed by atoms with Crippen LogP contribution in [0.2, 0.25) is 0 Å². The van der Waals surface area contributed by atoms with E-state index in [9.17, 15) is 20.2 Å². The number of fused-ring (bicyclic) bond motifs is 2. The van der Waals surface area contributed by atoms with Gasteiger partial charge in [-0.15, -0.1) is 0 Å². The molecule has 98 valence electrons. The average Bonchev–Trinajstić information content (AvgIpc) is 2.43. The van der Waals surface area contributed by atoms with Gasteiger partial charge in [0.1, 0.15) is 0 Å². The van der Waals surface area contributed by atoms with E-state index in [2.05, 4.69) is 0 Å². The van der Waals surface area contributed by atoms with Crippen LogP contribution in [0.1, 0.15) is 0 Å². The lowest BCUT2D eigenvalue weighted by Gasteiger charge is -2.02. The van der Waals surface area contributed by atoms with Crippen LogP contribution in [0.25, 0.3) is 21.5 Å². The molecule has 6 nitrogen and oxygen atoms in total. The maximum Gasteiger partial charge on any atom is 0.270 e. The van der Waals surface area contributed by atoms with Crippen LogP contribution in [-0.4, -0.2) is 9.85 Å². The second-order valence-electron chi connectivity index (χ2n) is 4.43. The van der Waals surface area contributed by atoms with Crippen molar-refractivity contribution < 1.29 is 9.85 Å². The highest BCUT2D eigenvalue weighted by atomic mass is 16.6. The Morgan fingerprint density at radius 3 is 1.35 bits per heavy atom. The number of hydrogen-bond acceptors (Lipinski definition) is 4. The molecule has 0 fully saturated rings. The van der Waals surface area contributed by atoms with Crippen LogP contribution in [0.3, 0.4) is 0 Å². The summed E-state index contributed by atoms with van der Waals surface area (Å²) in [5.74, 6) is 0. The summed E-state index contributed by atoms with van der Waals surface area (Å²) in [6.07, 6.45) is 0. The molecule has 6 heteroatoms. The molecule has 0 aliphatic carbocycles. The van der Waals surface area contributed by atoms with Crippen LogP contribution in [-0.2, 0) is 0 Å². The van der Waals surface area contributed by atoms with E-state index in [1.54, 1.807) is 24.3 Å². The van der Waals surface area contributed by atoms with Gasteiger partial charge in [0.15, 0.2) is 0 Å². The number of nitro groups is 2. The van der Waals surface area contributed by atoms with Gasteiger partial charge in [-0.3, -0.25) is 20.2 Å². The fourth-order valence-electron chi connectivity index (χ4n) is 2.20. The highest BCUT2D eigenvalue weighted by Gasteiger charge is 2.09. The highest BCUT2D eigenvalue weighted by Crippen LogP contribution is 2.28. The Morgan fingerprint density at radius 2 is 1.00 bits per heavy atom. The summed E-state index contributed by atoms with van der Waals surface area (Å²) in [6, 6.07) is 12.7. The summed E-state index contributed by atoms with van der Waals surface area (Å²) < 4.78 is 0. The molecule has 0 saturated carbocycles. The van der Waals surface area contributed by atoms with Crippen molar-refractivity contribution in [3.8, 4) is 0 Å². The van der Waals surface area contributed by atoms with Crippen LogP contribution < -0.4 is 0 Å². The summed E-state index contributed by atoms with van der Waals surface area (Å²) in [5, 5.41) is 24.6. The van der Waals surface area contributed by atoms with E-state index < -0.39 is 9.85 Å². The van der Waals surface area contributed by atoms with Crippen molar-refractivity contribution >= 4 is 32.9 Å². The second kappa shape index (κ2) is 4.27. The zero-order valence-corrected chi connectivity index (χ0v) is 10.1. The first-order chi connectivity index (χ1) is 9.54. The summed E-state index contributed by atoms with van der Waals surface area (Å²) in [4.78, 5) is 20.6. The Morgan fingerprint density at radius 1 is 0.600 bits per heavy atom. The zero-order valence-electron chi connectivity index (χ0n) is 10.1. The van der Waals surface area contributed by atoms with Crippen LogP contribution >= 0.6 is 0 Å². The van der Waals surface area contributed by atoms with Gasteiger partial charge in [-0.25, -0.2) is 0 Å². The summed E-state index contributed by atoms with van der Waals surface area (Å²) >= 11 is 0. The number of nitro benzene ring substituents is 2. The van der Waals surface area contributed by atoms with Gasteiger partial charge in [0, 0.05) is 24.3 Å². The van der Waals surface area contributed by atoms with Crippen molar-refractivity contribution in [1.29, 1.82) is 0 Å². The standard InChI is InChI=1S/C14H8N2O4/c17-15(18)13-3-1-9-5-12-8-14(16(19)20)4-2-10(12)6-11(9)7-13/h1-8H. The topological polar surface area (TPSA) is 86.3 Å². The molecule has 3 rings (SSSR count). The van der Waals surface area contributed by atoms with Gasteiger partial charge >= 0.3 is 0 Å². The third-order valence-corrected chi connectivity index (χ3v) is 3.18. The predicted octanol–water partition coefficient (Wildman–Crippen LogP) is 3.81. The minimum Gasteiger partial charge on any atom is -0.258 e. The molecule has 0 aliphatic rings. The Labute approximate surface area is 112 Å². The molecule has 0 radical (unpaired) electrons. The maximum absolute atomic E-state index is 10.8. The van der Waals surface area contributed by atoms with E-state index >= 15 is 0 Å². The third kappa shape index (κ3) is 1.93. The summed E-state index contributed by atoms with van der Waals surface area (Å²) in [6.45, 7) is 0. The van der Waals surface area contributed by atoms with Crippen molar-refractivity contribution in [2.24, 2.45) is 0 Å². The van der Waals surface area contributed by atoms with Crippen molar-refractivity contribution in [2.45, 2.75) is 0 Å². The molecule has 0 bridgehead atoms. The molecule has 0 atom stereocenters. The van der Waals surface area contributed by atoms with Gasteiger partial charge in [0.2, 0.25) is 0 Å². The third-order valence-electron chi connectivity index (χ3n) is 3.18. The number of non-ortho nitro benzene ring substituents is 2. The van der Waals surface area contributed by atoms with E-state index in [-0.39, 0.29) is 11.4 Å². The van der Waals surface area contributed by atoms with Crippen LogP contribution in [0, 0.1) is 20.2 Å². The Kier molecular flexibility index (Phi) is 2.57. The smallest absolute Gasteiger partial charge is 0.258 e. The number of benzene rings is 3. The summed E-state index contributed by atoms with van der Waals surface area (Å²) in [5.41, 5.74) is 0.0533. The van der Waals surface area contributed by atoms with Gasteiger partial charge in [0.25, 0.3) is 11.4 Å². The first kappa shape index (κ1) is 12.0. The van der Waals surface area contributed by atoms with E-state index in [0.717, 1.165) is 21.5 Å². The lowest BCUT2D eigenvalue weighted by molar-refractivity contribution is -0.384. The molecule has 20 heavy (non-hydrogen) atoms. The SMILES string of the molecule is O=[N+]([O-])c1ccc2cc3cc([N+](=O)[O-])ccc3cc2c1. The Bertz CT molecular complexity index is 800. The molecule has 0 heterocycles. The molecule has 0 aliphatic heterocycles. The lowest BCUT2D eigenvalue weighted by atomic mass is 10.0. The van der Waals surface area contributed by atoms with Crippen LogP contribution in [0.5, 0.6) is 0 Å². The monoisotopic (exact) mass is 268 g/mol. The fourth-order valence-corrected chi connectivity index (χ4v) is 2.20. The van der Waals surface area contributed by atoms with Crippen molar-refractivity contribution in [2.75, 3.05) is 0 Å². The zero-order chi connectivity index (χ0) is 14.3. The van der Waals surface area contributed by atoms with Gasteiger partial charge < -0.3 is 0 Å². The van der Waals surface area contributed by atoms with Gasteiger partial charge in [-0.05, 0) is 45.8 Å². The first-order valence-electron chi connectivity index (χ1n) is 5.81. The Hall–Kier alpha value is -3.02. The first-order valence-corrected chi connectivity index (χ1v) is 5.81. The molecule has 0 spiro atoms. The fraction of sp³-hybridized carbons (Fsp3) is 0. The highest BCUT2D eigenvalue weighted by molar-refractivity contribution is 5.99. The van der Waals surface area contributed by atoms with E-state index in [4.69, 9.17) is 0 Å². The molecule has 0 saturated heterocycles. The van der Waals surface area contributed by atoms with Crippen LogP contribution in [0.15, 0.2) is 48.5 Å². The van der Waals surface area contributed by atoms with Crippen molar-refractivity contribution in [3.63, 3.8) is 0 Å². The predicted molar refractivity (Wildman–Crippen MR) is 74.8 cm³/mol. The average molecular weight is 268 g/mol. The number of hydrogen-bond donors (Lipinski definition) is 0. The minimum absolute atomic E-state index is 0.0266. The summed E-state index contributed by atoms with van der Waals surface area (Å²) in [7, 11) is 0. The number of nitrogens with zero attached hydrogens (tertiary/aromatic N) is 2. The van der Waals surface area contributed by atoms with E-state index in [1.165, 1.54) is 24.3 Å². The molecule has 3 aromatic rings. The second-order valence-corrected chi connectivity index (χ2v) is 4.43. The molecular weight excluding hydrogens is 260 g/mol. The van der Waals surface area contributed by atoms with E-state index in [0.29, 0.717) is 0 Å². The van der Waals surface area contributed by atoms with Gasteiger partial charge in [-0.2, -0.15) is 0 Å². The van der Waals surface area contributed by atoms with Crippen molar-refractivity contribution in [1.82, 2.24) is 0 Å². The van der Waals surface area contributed by atoms with E-state index in [1.807, 2.05) is 0 Å². The van der Waals surface area contributed by atoms with Crippen LogP contribution in [0.4, 0.5) is 11.4 Å². The lowest BCUT2D eigenvalue weighted by Crippen LogP contribution is -1.89. The quantitative estimate of drug-likeness (QED) is 0.401. The molecule has 0 unspecified atom stereocenters. The number of rotatable bonds is 2. The molecule has 0 N–H and O–H groups in total. The minimum atomic E-state index is -0.445. The molecule has 3 aromatic carbocycles. The molecule has 0 aromatic heterocycles. The Balaban J connectivity index is 2.27. The molecular formula is C14H8N2O4. The van der Waals surface area contributed by atoms with Crippen molar-refractivity contribution in [3.05, 3.63) is 68.8 Å². The maximum atomic E-state index is 10.8. The normalized spacial score (nSPS) is 10.8. The van der Waals surface area contributed by atoms with Gasteiger partial charge in [-0.1, -0.05) is 0 Å².